The van der Waals surface area contributed by atoms with Crippen molar-refractivity contribution in [3.05, 3.63) is 66.2 Å². The molecule has 0 saturated carbocycles. The summed E-state index contributed by atoms with van der Waals surface area (Å²) in [7, 11) is 0. The molecule has 1 aromatic heterocycles. The van der Waals surface area contributed by atoms with E-state index >= 15 is 0 Å². The van der Waals surface area contributed by atoms with Gasteiger partial charge in [-0.3, -0.25) is 4.79 Å². The van der Waals surface area contributed by atoms with Crippen molar-refractivity contribution in [2.75, 3.05) is 36.6 Å². The van der Waals surface area contributed by atoms with Gasteiger partial charge < -0.3 is 26.3 Å². The number of benzene rings is 2. The predicted octanol–water partition coefficient (Wildman–Crippen LogP) is 3.97. The number of nitrogen functional groups attached to an aromatic ring is 2. The third-order valence-corrected chi connectivity index (χ3v) is 5.32. The van der Waals surface area contributed by atoms with Gasteiger partial charge in [-0.1, -0.05) is 12.1 Å². The molecule has 1 aliphatic heterocycles. The van der Waals surface area contributed by atoms with Crippen LogP contribution in [0.2, 0.25) is 0 Å². The number of anilines is 3. The van der Waals surface area contributed by atoms with Crippen molar-refractivity contribution in [2.45, 2.75) is 12.8 Å². The van der Waals surface area contributed by atoms with Crippen LogP contribution in [-0.4, -0.2) is 30.7 Å². The fourth-order valence-corrected chi connectivity index (χ4v) is 3.43. The first-order chi connectivity index (χ1) is 15.1. The number of hydrogen-bond acceptors (Lipinski definition) is 6. The highest BCUT2D eigenvalue weighted by atomic mass is 16.5. The van der Waals surface area contributed by atoms with Crippen molar-refractivity contribution in [1.29, 1.82) is 0 Å². The summed E-state index contributed by atoms with van der Waals surface area (Å²) in [5.74, 6) is 1.39. The van der Waals surface area contributed by atoms with Gasteiger partial charge in [-0.25, -0.2) is 4.98 Å². The molecule has 7 nitrogen and oxygen atoms in total. The van der Waals surface area contributed by atoms with E-state index in [-0.39, 0.29) is 11.7 Å². The van der Waals surface area contributed by atoms with Crippen LogP contribution in [0.5, 0.6) is 5.75 Å². The molecule has 160 valence electrons. The van der Waals surface area contributed by atoms with Crippen LogP contribution < -0.4 is 21.5 Å². The standard InChI is InChI=1S/C24H26N4O3/c25-21-8-9-22(28-23(21)26)17-2-1-3-18(14-17)24(29)27-19-4-6-20(7-5-19)31-15-16-10-12-30-13-11-16/h1-9,14,16H,10-13,15,25H2,(H2,26,28)(H,27,29). The zero-order valence-electron chi connectivity index (χ0n) is 17.2. The minimum Gasteiger partial charge on any atom is -0.493 e. The van der Waals surface area contributed by atoms with Gasteiger partial charge in [0.15, 0.2) is 0 Å². The molecule has 1 amide bonds. The van der Waals surface area contributed by atoms with Gasteiger partial charge in [-0.2, -0.15) is 0 Å². The van der Waals surface area contributed by atoms with Crippen LogP contribution in [0.1, 0.15) is 23.2 Å². The summed E-state index contributed by atoms with van der Waals surface area (Å²) in [6.45, 7) is 2.30. The van der Waals surface area contributed by atoms with Crippen LogP contribution in [0.25, 0.3) is 11.3 Å². The molecule has 0 atom stereocenters. The first-order valence-electron chi connectivity index (χ1n) is 10.3. The third-order valence-electron chi connectivity index (χ3n) is 5.32. The Kier molecular flexibility index (Phi) is 6.33. The Morgan fingerprint density at radius 3 is 2.58 bits per heavy atom. The van der Waals surface area contributed by atoms with E-state index in [4.69, 9.17) is 20.9 Å². The molecule has 0 bridgehead atoms. The molecule has 3 aromatic rings. The lowest BCUT2D eigenvalue weighted by Gasteiger charge is -2.22. The molecule has 2 heterocycles. The lowest BCUT2D eigenvalue weighted by Crippen LogP contribution is -2.21. The molecule has 1 saturated heterocycles. The number of amides is 1. The predicted molar refractivity (Wildman–Crippen MR) is 122 cm³/mol. The van der Waals surface area contributed by atoms with Crippen LogP contribution >= 0.6 is 0 Å². The van der Waals surface area contributed by atoms with Crippen LogP contribution in [-0.2, 0) is 4.74 Å². The maximum atomic E-state index is 12.7. The number of carbonyl (C=O) groups excluding carboxylic acids is 1. The number of nitrogens with zero attached hydrogens (tertiary/aromatic N) is 1. The van der Waals surface area contributed by atoms with Gasteiger partial charge in [0.2, 0.25) is 0 Å². The molecule has 0 radical (unpaired) electrons. The zero-order chi connectivity index (χ0) is 21.6. The van der Waals surface area contributed by atoms with E-state index in [9.17, 15) is 4.79 Å². The minimum atomic E-state index is -0.207. The van der Waals surface area contributed by atoms with Gasteiger partial charge in [0.1, 0.15) is 11.6 Å². The molecule has 0 aliphatic carbocycles. The first kappa shape index (κ1) is 20.7. The number of ether oxygens (including phenoxy) is 2. The SMILES string of the molecule is Nc1ccc(-c2cccc(C(=O)Nc3ccc(OCC4CCOCC4)cc3)c2)nc1N. The zero-order valence-corrected chi connectivity index (χ0v) is 17.2. The van der Waals surface area contributed by atoms with Crippen LogP contribution in [0.4, 0.5) is 17.2 Å². The minimum absolute atomic E-state index is 0.207. The fraction of sp³-hybridized carbons (Fsp3) is 0.250. The van der Waals surface area contributed by atoms with E-state index in [1.807, 2.05) is 36.4 Å². The molecule has 4 rings (SSSR count). The van der Waals surface area contributed by atoms with Gasteiger partial charge >= 0.3 is 0 Å². The van der Waals surface area contributed by atoms with Crippen molar-refractivity contribution in [1.82, 2.24) is 4.98 Å². The topological polar surface area (TPSA) is 112 Å². The molecular weight excluding hydrogens is 392 g/mol. The lowest BCUT2D eigenvalue weighted by molar-refractivity contribution is 0.0497. The number of hydrogen-bond donors (Lipinski definition) is 3. The highest BCUT2D eigenvalue weighted by Gasteiger charge is 2.14. The summed E-state index contributed by atoms with van der Waals surface area (Å²) < 4.78 is 11.3. The van der Waals surface area contributed by atoms with Crippen LogP contribution in [0.15, 0.2) is 60.7 Å². The summed E-state index contributed by atoms with van der Waals surface area (Å²) in [4.78, 5) is 17.0. The lowest BCUT2D eigenvalue weighted by atomic mass is 10.0. The highest BCUT2D eigenvalue weighted by molar-refractivity contribution is 6.04. The van der Waals surface area contributed by atoms with E-state index in [1.165, 1.54) is 0 Å². The Labute approximate surface area is 181 Å². The number of aromatic nitrogens is 1. The van der Waals surface area contributed by atoms with Crippen molar-refractivity contribution < 1.29 is 14.3 Å². The third kappa shape index (κ3) is 5.32. The van der Waals surface area contributed by atoms with Gasteiger partial charge in [0.05, 0.1) is 18.0 Å². The molecule has 7 heteroatoms. The summed E-state index contributed by atoms with van der Waals surface area (Å²) in [6.07, 6.45) is 2.07. The molecule has 31 heavy (non-hydrogen) atoms. The van der Waals surface area contributed by atoms with Gasteiger partial charge in [-0.15, -0.1) is 0 Å². The molecule has 1 fully saturated rings. The molecule has 5 N–H and O–H groups in total. The summed E-state index contributed by atoms with van der Waals surface area (Å²) in [5.41, 5.74) is 14.6. The van der Waals surface area contributed by atoms with Gasteiger partial charge in [-0.05, 0) is 67.3 Å². The summed E-state index contributed by atoms with van der Waals surface area (Å²) >= 11 is 0. The van der Waals surface area contributed by atoms with Crippen LogP contribution in [0.3, 0.4) is 0 Å². The van der Waals surface area contributed by atoms with Gasteiger partial charge in [0, 0.05) is 30.0 Å². The second kappa shape index (κ2) is 9.49. The Morgan fingerprint density at radius 1 is 1.06 bits per heavy atom. The number of carbonyl (C=O) groups is 1. The van der Waals surface area contributed by atoms with E-state index in [1.54, 1.807) is 24.3 Å². The largest absolute Gasteiger partial charge is 0.493 e. The van der Waals surface area contributed by atoms with Crippen molar-refractivity contribution in [3.63, 3.8) is 0 Å². The average Bonchev–Trinajstić information content (AvgIpc) is 2.81. The Hall–Kier alpha value is -3.58. The monoisotopic (exact) mass is 418 g/mol. The van der Waals surface area contributed by atoms with Crippen molar-refractivity contribution in [2.24, 2.45) is 5.92 Å². The fourth-order valence-electron chi connectivity index (χ4n) is 3.43. The number of pyridine rings is 1. The average molecular weight is 418 g/mol. The van der Waals surface area contributed by atoms with Crippen molar-refractivity contribution in [3.8, 4) is 17.0 Å². The summed E-state index contributed by atoms with van der Waals surface area (Å²) in [6, 6.07) is 18.1. The number of nitrogens with one attached hydrogen (secondary N) is 1. The smallest absolute Gasteiger partial charge is 0.255 e. The molecular formula is C24H26N4O3. The Morgan fingerprint density at radius 2 is 1.84 bits per heavy atom. The second-order valence-electron chi connectivity index (χ2n) is 7.60. The Balaban J connectivity index is 1.38. The number of nitrogens with two attached hydrogens (primary N) is 2. The second-order valence-corrected chi connectivity index (χ2v) is 7.60. The Bertz CT molecular complexity index is 1050. The van der Waals surface area contributed by atoms with Gasteiger partial charge in [0.25, 0.3) is 5.91 Å². The maximum Gasteiger partial charge on any atom is 0.255 e. The van der Waals surface area contributed by atoms with E-state index < -0.39 is 0 Å². The van der Waals surface area contributed by atoms with E-state index in [0.717, 1.165) is 37.4 Å². The van der Waals surface area contributed by atoms with E-state index in [0.29, 0.717) is 35.2 Å². The normalized spacial score (nSPS) is 14.2. The van der Waals surface area contributed by atoms with E-state index in [2.05, 4.69) is 10.3 Å². The molecule has 2 aromatic carbocycles. The number of rotatable bonds is 6. The molecule has 1 aliphatic rings. The summed E-state index contributed by atoms with van der Waals surface area (Å²) in [5, 5.41) is 2.91. The van der Waals surface area contributed by atoms with Crippen LogP contribution in [0, 0.1) is 5.92 Å². The molecule has 0 spiro atoms. The quantitative estimate of drug-likeness (QED) is 0.558. The maximum absolute atomic E-state index is 12.7. The highest BCUT2D eigenvalue weighted by Crippen LogP contribution is 2.24. The molecule has 0 unspecified atom stereocenters. The first-order valence-corrected chi connectivity index (χ1v) is 10.3. The van der Waals surface area contributed by atoms with Crippen molar-refractivity contribution >= 4 is 23.1 Å².